The highest BCUT2D eigenvalue weighted by Crippen LogP contribution is 2.41. The zero-order valence-corrected chi connectivity index (χ0v) is 22.0. The first-order valence-electron chi connectivity index (χ1n) is 12.5. The van der Waals surface area contributed by atoms with Gasteiger partial charge < -0.3 is 4.42 Å². The number of furan rings is 1. The lowest BCUT2D eigenvalue weighted by Gasteiger charge is -2.27. The smallest absolute Gasteiger partial charge is 0.394 e. The van der Waals surface area contributed by atoms with Crippen molar-refractivity contribution >= 4 is 21.7 Å². The molecule has 0 aliphatic heterocycles. The molecule has 0 unspecified atom stereocenters. The van der Waals surface area contributed by atoms with Gasteiger partial charge in [-0.2, -0.15) is 13.2 Å². The molecule has 0 atom stereocenters. The fraction of sp³-hybridized carbons (Fsp3) is 0.281. The van der Waals surface area contributed by atoms with Gasteiger partial charge in [-0.05, 0) is 51.9 Å². The Hall–Kier alpha value is -3.67. The van der Waals surface area contributed by atoms with Crippen molar-refractivity contribution in [2.24, 2.45) is 5.41 Å². The van der Waals surface area contributed by atoms with Gasteiger partial charge in [0.05, 0.1) is 17.0 Å². The summed E-state index contributed by atoms with van der Waals surface area (Å²) in [6, 6.07) is 20.6. The van der Waals surface area contributed by atoms with Crippen LogP contribution in [0.15, 0.2) is 77.3 Å². The van der Waals surface area contributed by atoms with Crippen LogP contribution in [0.25, 0.3) is 44.3 Å². The van der Waals surface area contributed by atoms with Gasteiger partial charge in [0.25, 0.3) is 0 Å². The van der Waals surface area contributed by atoms with Gasteiger partial charge in [0, 0.05) is 11.1 Å². The number of halogens is 4. The zero-order chi connectivity index (χ0) is 27.5. The van der Waals surface area contributed by atoms with Gasteiger partial charge in [-0.25, -0.2) is 9.37 Å². The standard InChI is InChI=1S/C32H29F4NO/c1-30(2,3)25-15-22(14-21-8-6-7-9-23(21)25)28-29-24(26(33)18-37-28)16-27(38-29)20-12-10-19(11-13-20)17-31(4,5)32(34,35)36/h6-16,18H,17H2,1-5H3. The summed E-state index contributed by atoms with van der Waals surface area (Å²) >= 11 is 0. The van der Waals surface area contributed by atoms with Crippen LogP contribution < -0.4 is 0 Å². The van der Waals surface area contributed by atoms with Gasteiger partial charge in [0.2, 0.25) is 0 Å². The second kappa shape index (κ2) is 8.97. The maximum absolute atomic E-state index is 14.9. The van der Waals surface area contributed by atoms with E-state index in [4.69, 9.17) is 4.42 Å². The molecule has 0 aliphatic carbocycles. The van der Waals surface area contributed by atoms with E-state index in [0.717, 1.165) is 21.9 Å². The fourth-order valence-electron chi connectivity index (χ4n) is 4.81. The van der Waals surface area contributed by atoms with Crippen molar-refractivity contribution in [1.82, 2.24) is 4.98 Å². The molecule has 3 aromatic carbocycles. The van der Waals surface area contributed by atoms with Gasteiger partial charge in [0.15, 0.2) is 11.4 Å². The minimum atomic E-state index is -4.30. The van der Waals surface area contributed by atoms with Gasteiger partial charge in [-0.1, -0.05) is 83.1 Å². The predicted octanol–water partition coefficient (Wildman–Crippen LogP) is 9.88. The van der Waals surface area contributed by atoms with E-state index < -0.39 is 17.4 Å². The molecule has 6 heteroatoms. The number of alkyl halides is 3. The summed E-state index contributed by atoms with van der Waals surface area (Å²) in [5.74, 6) is -0.0780. The molecule has 0 fully saturated rings. The summed E-state index contributed by atoms with van der Waals surface area (Å²) in [5.41, 5.74) is 2.07. The first-order valence-corrected chi connectivity index (χ1v) is 12.5. The molecule has 0 amide bonds. The Morgan fingerprint density at radius 1 is 0.789 bits per heavy atom. The second-order valence-corrected chi connectivity index (χ2v) is 11.6. The molecule has 0 saturated heterocycles. The Kier molecular flexibility index (Phi) is 6.13. The molecule has 0 saturated carbocycles. The molecule has 5 aromatic rings. The van der Waals surface area contributed by atoms with E-state index in [-0.39, 0.29) is 11.8 Å². The zero-order valence-electron chi connectivity index (χ0n) is 22.0. The maximum atomic E-state index is 14.9. The number of fused-ring (bicyclic) bond motifs is 2. The highest BCUT2D eigenvalue weighted by Gasteiger charge is 2.46. The van der Waals surface area contributed by atoms with Crippen molar-refractivity contribution < 1.29 is 22.0 Å². The summed E-state index contributed by atoms with van der Waals surface area (Å²) in [6.45, 7) is 8.83. The number of nitrogens with zero attached hydrogens (tertiary/aromatic N) is 1. The molecule has 2 nitrogen and oxygen atoms in total. The topological polar surface area (TPSA) is 26.0 Å². The normalized spacial score (nSPS) is 13.0. The van der Waals surface area contributed by atoms with E-state index in [1.807, 2.05) is 24.3 Å². The third kappa shape index (κ3) is 4.68. The molecule has 0 N–H and O–H groups in total. The number of pyridine rings is 1. The Morgan fingerprint density at radius 3 is 2.13 bits per heavy atom. The van der Waals surface area contributed by atoms with Crippen molar-refractivity contribution in [3.8, 4) is 22.6 Å². The monoisotopic (exact) mass is 519 g/mol. The summed E-state index contributed by atoms with van der Waals surface area (Å²) in [7, 11) is 0. The van der Waals surface area contributed by atoms with Crippen LogP contribution in [-0.2, 0) is 11.8 Å². The molecule has 0 radical (unpaired) electrons. The Labute approximate surface area is 219 Å². The largest absolute Gasteiger partial charge is 0.454 e. The predicted molar refractivity (Wildman–Crippen MR) is 145 cm³/mol. The average Bonchev–Trinajstić information content (AvgIpc) is 3.29. The molecule has 2 heterocycles. The summed E-state index contributed by atoms with van der Waals surface area (Å²) in [6.07, 6.45) is -3.25. The molecule has 0 spiro atoms. The summed E-state index contributed by atoms with van der Waals surface area (Å²) < 4.78 is 61.0. The Morgan fingerprint density at radius 2 is 1.47 bits per heavy atom. The lowest BCUT2D eigenvalue weighted by Crippen LogP contribution is -2.34. The van der Waals surface area contributed by atoms with E-state index in [9.17, 15) is 17.6 Å². The van der Waals surface area contributed by atoms with Gasteiger partial charge in [0.1, 0.15) is 11.5 Å². The number of rotatable bonds is 4. The van der Waals surface area contributed by atoms with Crippen LogP contribution in [0.3, 0.4) is 0 Å². The molecule has 38 heavy (non-hydrogen) atoms. The highest BCUT2D eigenvalue weighted by molar-refractivity contribution is 5.97. The minimum absolute atomic E-state index is 0.133. The number of benzene rings is 3. The minimum Gasteiger partial charge on any atom is -0.454 e. The SMILES string of the molecule is CC(C)(C)c1cc(-c2ncc(F)c3cc(-c4ccc(CC(C)(C)C(F)(F)F)cc4)oc23)cc2ccccc12. The Bertz CT molecular complexity index is 1640. The fourth-order valence-corrected chi connectivity index (χ4v) is 4.81. The van der Waals surface area contributed by atoms with E-state index in [0.29, 0.717) is 33.6 Å². The van der Waals surface area contributed by atoms with E-state index in [1.165, 1.54) is 20.0 Å². The van der Waals surface area contributed by atoms with Crippen molar-refractivity contribution in [1.29, 1.82) is 0 Å². The van der Waals surface area contributed by atoms with Gasteiger partial charge >= 0.3 is 6.18 Å². The molecule has 2 aromatic heterocycles. The van der Waals surface area contributed by atoms with Gasteiger partial charge in [-0.3, -0.25) is 0 Å². The van der Waals surface area contributed by atoms with Crippen molar-refractivity contribution in [3.63, 3.8) is 0 Å². The van der Waals surface area contributed by atoms with E-state index in [2.05, 4.69) is 37.9 Å². The molecular weight excluding hydrogens is 490 g/mol. The maximum Gasteiger partial charge on any atom is 0.394 e. The van der Waals surface area contributed by atoms with Gasteiger partial charge in [-0.15, -0.1) is 0 Å². The quantitative estimate of drug-likeness (QED) is 0.221. The molecule has 0 aliphatic rings. The van der Waals surface area contributed by atoms with Crippen LogP contribution in [0.4, 0.5) is 17.6 Å². The van der Waals surface area contributed by atoms with Crippen LogP contribution in [0.2, 0.25) is 0 Å². The first kappa shape index (κ1) is 26.0. The van der Waals surface area contributed by atoms with Crippen molar-refractivity contribution in [3.05, 3.63) is 89.9 Å². The third-order valence-electron chi connectivity index (χ3n) is 7.11. The molecule has 5 rings (SSSR count). The second-order valence-electron chi connectivity index (χ2n) is 11.6. The summed E-state index contributed by atoms with van der Waals surface area (Å²) in [4.78, 5) is 4.42. The van der Waals surface area contributed by atoms with E-state index in [1.54, 1.807) is 30.3 Å². The summed E-state index contributed by atoms with van der Waals surface area (Å²) in [5, 5.41) is 2.51. The molecule has 196 valence electrons. The van der Waals surface area contributed by atoms with Crippen LogP contribution in [0.5, 0.6) is 0 Å². The molecular formula is C32H29F4NO. The van der Waals surface area contributed by atoms with Crippen molar-refractivity contribution in [2.45, 2.75) is 52.6 Å². The Balaban J connectivity index is 1.59. The lowest BCUT2D eigenvalue weighted by atomic mass is 9.82. The number of hydrogen-bond donors (Lipinski definition) is 0. The highest BCUT2D eigenvalue weighted by atomic mass is 19.4. The van der Waals surface area contributed by atoms with Crippen LogP contribution in [-0.4, -0.2) is 11.2 Å². The first-order chi connectivity index (χ1) is 17.7. The van der Waals surface area contributed by atoms with Crippen molar-refractivity contribution in [2.75, 3.05) is 0 Å². The third-order valence-corrected chi connectivity index (χ3v) is 7.11. The van der Waals surface area contributed by atoms with Crippen LogP contribution in [0, 0.1) is 11.2 Å². The lowest BCUT2D eigenvalue weighted by molar-refractivity contribution is -0.211. The average molecular weight is 520 g/mol. The van der Waals surface area contributed by atoms with Crippen LogP contribution >= 0.6 is 0 Å². The number of hydrogen-bond acceptors (Lipinski definition) is 2. The number of aromatic nitrogens is 1. The van der Waals surface area contributed by atoms with Crippen LogP contribution in [0.1, 0.15) is 45.7 Å². The molecule has 0 bridgehead atoms. The van der Waals surface area contributed by atoms with E-state index >= 15 is 0 Å².